The maximum atomic E-state index is 8.70. The fraction of sp³-hybridized carbons (Fsp3) is 0.364. The van der Waals surface area contributed by atoms with Crippen LogP contribution in [0.15, 0.2) is 24.5 Å². The quantitative estimate of drug-likeness (QED) is 0.631. The third-order valence-corrected chi connectivity index (χ3v) is 2.72. The van der Waals surface area contributed by atoms with Crippen molar-refractivity contribution in [2.24, 2.45) is 7.05 Å². The molecule has 0 atom stereocenters. The minimum atomic E-state index is 0.118. The first-order valence-electron chi connectivity index (χ1n) is 5.33. The first-order chi connectivity index (χ1) is 8.31. The number of nitrogens with zero attached hydrogens (tertiary/aromatic N) is 3. The molecule has 90 valence electrons. The Bertz CT molecular complexity index is 487. The van der Waals surface area contributed by atoms with Gasteiger partial charge in [0.15, 0.2) is 18.1 Å². The Morgan fingerprint density at radius 2 is 2.35 bits per heavy atom. The van der Waals surface area contributed by atoms with Crippen molar-refractivity contribution in [3.8, 4) is 17.1 Å². The molecule has 0 unspecified atom stereocenters. The van der Waals surface area contributed by atoms with Crippen LogP contribution in [-0.4, -0.2) is 27.1 Å². The van der Waals surface area contributed by atoms with Crippen molar-refractivity contribution in [1.29, 1.82) is 0 Å². The molecule has 0 spiro atoms. The van der Waals surface area contributed by atoms with Crippen molar-refractivity contribution in [3.05, 3.63) is 24.5 Å². The number of ether oxygens (including phenoxy) is 1. The number of pyridine rings is 1. The van der Waals surface area contributed by atoms with Crippen LogP contribution in [0.1, 0.15) is 6.42 Å². The van der Waals surface area contributed by atoms with Gasteiger partial charge >= 0.3 is 0 Å². The second kappa shape index (κ2) is 5.70. The molecule has 0 aliphatic carbocycles. The van der Waals surface area contributed by atoms with Crippen LogP contribution in [0.5, 0.6) is 5.88 Å². The van der Waals surface area contributed by atoms with E-state index < -0.39 is 0 Å². The van der Waals surface area contributed by atoms with Crippen LogP contribution in [0.2, 0.25) is 0 Å². The molecular formula is C11H14N3O2S+. The molecule has 2 heterocycles. The Morgan fingerprint density at radius 1 is 1.47 bits per heavy atom. The van der Waals surface area contributed by atoms with Crippen LogP contribution < -0.4 is 9.30 Å². The molecule has 0 aliphatic heterocycles. The third-order valence-electron chi connectivity index (χ3n) is 2.21. The van der Waals surface area contributed by atoms with Gasteiger partial charge in [-0.2, -0.15) is 4.37 Å². The first-order valence-corrected chi connectivity index (χ1v) is 6.06. The predicted molar refractivity (Wildman–Crippen MR) is 63.7 cm³/mol. The fourth-order valence-electron chi connectivity index (χ4n) is 1.41. The maximum Gasteiger partial charge on any atom is 0.254 e. The Balaban J connectivity index is 2.18. The van der Waals surface area contributed by atoms with Gasteiger partial charge in [-0.1, -0.05) is 0 Å². The van der Waals surface area contributed by atoms with Crippen LogP contribution in [0, 0.1) is 0 Å². The fourth-order valence-corrected chi connectivity index (χ4v) is 1.93. The highest BCUT2D eigenvalue weighted by molar-refractivity contribution is 6.99. The molecule has 0 radical (unpaired) electrons. The summed E-state index contributed by atoms with van der Waals surface area (Å²) < 4.78 is 15.8. The highest BCUT2D eigenvalue weighted by Gasteiger charge is 2.13. The number of aryl methyl sites for hydroxylation is 1. The zero-order chi connectivity index (χ0) is 12.1. The molecule has 0 fully saturated rings. The molecule has 0 saturated heterocycles. The molecule has 2 aromatic rings. The largest absolute Gasteiger partial charge is 0.475 e. The molecule has 5 nitrogen and oxygen atoms in total. The number of hydrogen-bond donors (Lipinski definition) is 1. The van der Waals surface area contributed by atoms with Gasteiger partial charge in [0.05, 0.1) is 23.9 Å². The van der Waals surface area contributed by atoms with E-state index >= 15 is 0 Å². The first kappa shape index (κ1) is 11.9. The average Bonchev–Trinajstić information content (AvgIpc) is 2.78. The minimum absolute atomic E-state index is 0.118. The number of aliphatic hydroxyl groups is 1. The van der Waals surface area contributed by atoms with Gasteiger partial charge in [0.1, 0.15) is 7.05 Å². The molecule has 6 heteroatoms. The van der Waals surface area contributed by atoms with E-state index in [-0.39, 0.29) is 6.61 Å². The van der Waals surface area contributed by atoms with Crippen molar-refractivity contribution in [2.75, 3.05) is 13.2 Å². The lowest BCUT2D eigenvalue weighted by atomic mass is 10.2. The third kappa shape index (κ3) is 2.98. The zero-order valence-electron chi connectivity index (χ0n) is 9.54. The van der Waals surface area contributed by atoms with Gasteiger partial charge in [-0.25, -0.2) is 4.57 Å². The van der Waals surface area contributed by atoms with E-state index in [0.29, 0.717) is 18.9 Å². The smallest absolute Gasteiger partial charge is 0.254 e. The van der Waals surface area contributed by atoms with Crippen molar-refractivity contribution in [2.45, 2.75) is 6.42 Å². The van der Waals surface area contributed by atoms with E-state index in [4.69, 9.17) is 9.84 Å². The SMILES string of the molecule is C[n+]1cccc(-c2nsnc2OCCCO)c1. The van der Waals surface area contributed by atoms with E-state index in [9.17, 15) is 0 Å². The summed E-state index contributed by atoms with van der Waals surface area (Å²) in [5, 5.41) is 8.70. The Morgan fingerprint density at radius 3 is 3.12 bits per heavy atom. The van der Waals surface area contributed by atoms with Gasteiger partial charge in [0, 0.05) is 19.1 Å². The van der Waals surface area contributed by atoms with E-state index in [0.717, 1.165) is 23.0 Å². The summed E-state index contributed by atoms with van der Waals surface area (Å²) in [5.74, 6) is 0.537. The summed E-state index contributed by atoms with van der Waals surface area (Å²) in [6.45, 7) is 0.571. The van der Waals surface area contributed by atoms with E-state index in [1.807, 2.05) is 36.1 Å². The summed E-state index contributed by atoms with van der Waals surface area (Å²) in [6.07, 6.45) is 4.52. The molecule has 1 N–H and O–H groups in total. The molecule has 0 bridgehead atoms. The minimum Gasteiger partial charge on any atom is -0.475 e. The van der Waals surface area contributed by atoms with Gasteiger partial charge in [0.25, 0.3) is 5.88 Å². The number of hydrogen-bond acceptors (Lipinski definition) is 5. The number of aliphatic hydroxyl groups excluding tert-OH is 1. The highest BCUT2D eigenvalue weighted by atomic mass is 32.1. The second-order valence-electron chi connectivity index (χ2n) is 3.60. The summed E-state index contributed by atoms with van der Waals surface area (Å²) >= 11 is 1.13. The van der Waals surface area contributed by atoms with E-state index in [2.05, 4.69) is 8.75 Å². The number of aromatic nitrogens is 3. The predicted octanol–water partition coefficient (Wildman–Crippen LogP) is 0.791. The lowest BCUT2D eigenvalue weighted by molar-refractivity contribution is -0.671. The van der Waals surface area contributed by atoms with Gasteiger partial charge in [-0.3, -0.25) is 0 Å². The maximum absolute atomic E-state index is 8.70. The topological polar surface area (TPSA) is 59.1 Å². The van der Waals surface area contributed by atoms with Crippen molar-refractivity contribution in [3.63, 3.8) is 0 Å². The molecule has 2 rings (SSSR count). The molecule has 17 heavy (non-hydrogen) atoms. The highest BCUT2D eigenvalue weighted by Crippen LogP contribution is 2.26. The molecule has 0 aliphatic rings. The molecule has 0 aromatic carbocycles. The van der Waals surface area contributed by atoms with Crippen molar-refractivity contribution < 1.29 is 14.4 Å². The molecule has 0 amide bonds. The molecule has 0 saturated carbocycles. The summed E-state index contributed by atoms with van der Waals surface area (Å²) in [6, 6.07) is 3.92. The van der Waals surface area contributed by atoms with Crippen LogP contribution >= 0.6 is 11.7 Å². The molecular weight excluding hydrogens is 238 g/mol. The zero-order valence-corrected chi connectivity index (χ0v) is 10.4. The Labute approximate surface area is 104 Å². The normalized spacial score (nSPS) is 10.5. The van der Waals surface area contributed by atoms with Gasteiger partial charge in [0.2, 0.25) is 0 Å². The van der Waals surface area contributed by atoms with E-state index in [1.54, 1.807) is 0 Å². The van der Waals surface area contributed by atoms with Crippen molar-refractivity contribution >= 4 is 11.7 Å². The van der Waals surface area contributed by atoms with Crippen LogP contribution in [0.25, 0.3) is 11.3 Å². The number of rotatable bonds is 5. The second-order valence-corrected chi connectivity index (χ2v) is 4.13. The van der Waals surface area contributed by atoms with Crippen LogP contribution in [-0.2, 0) is 7.05 Å². The average molecular weight is 252 g/mol. The monoisotopic (exact) mass is 252 g/mol. The van der Waals surface area contributed by atoms with Crippen LogP contribution in [0.4, 0.5) is 0 Å². The summed E-state index contributed by atoms with van der Waals surface area (Å²) in [5.41, 5.74) is 1.73. The Hall–Kier alpha value is -1.53. The van der Waals surface area contributed by atoms with Gasteiger partial charge in [-0.05, 0) is 6.07 Å². The summed E-state index contributed by atoms with van der Waals surface area (Å²) in [7, 11) is 1.95. The lowest BCUT2D eigenvalue weighted by Gasteiger charge is -2.02. The standard InChI is InChI=1S/C11H14N3O2S/c1-14-5-2-4-9(8-14)10-11(13-17-12-10)16-7-3-6-15/h2,4-5,8,15H,3,6-7H2,1H3/q+1. The molecule has 2 aromatic heterocycles. The van der Waals surface area contributed by atoms with Crippen LogP contribution in [0.3, 0.4) is 0 Å². The van der Waals surface area contributed by atoms with E-state index in [1.165, 1.54) is 0 Å². The summed E-state index contributed by atoms with van der Waals surface area (Å²) in [4.78, 5) is 0. The van der Waals surface area contributed by atoms with Gasteiger partial charge < -0.3 is 9.84 Å². The van der Waals surface area contributed by atoms with Gasteiger partial charge in [-0.15, -0.1) is 4.37 Å². The van der Waals surface area contributed by atoms with Crippen molar-refractivity contribution in [1.82, 2.24) is 8.75 Å². The Kier molecular flexibility index (Phi) is 4.00. The lowest BCUT2D eigenvalue weighted by Crippen LogP contribution is -2.26.